The minimum Gasteiger partial charge on any atom is -0.496 e. The molecule has 2 atom stereocenters. The van der Waals surface area contributed by atoms with Gasteiger partial charge in [-0.1, -0.05) is 48.9 Å². The van der Waals surface area contributed by atoms with E-state index >= 15 is 0 Å². The van der Waals surface area contributed by atoms with Gasteiger partial charge in [-0.15, -0.1) is 0 Å². The number of imide groups is 1. The van der Waals surface area contributed by atoms with Crippen LogP contribution in [0.4, 0.5) is 4.79 Å². The van der Waals surface area contributed by atoms with Crippen molar-refractivity contribution in [1.29, 1.82) is 0 Å². The van der Waals surface area contributed by atoms with Gasteiger partial charge in [-0.25, -0.2) is 9.69 Å². The first-order valence-corrected chi connectivity index (χ1v) is 9.62. The van der Waals surface area contributed by atoms with Crippen LogP contribution in [0.2, 0.25) is 5.02 Å². The summed E-state index contributed by atoms with van der Waals surface area (Å²) in [6.07, 6.45) is 0.485. The number of quaternary nitrogens is 1. The highest BCUT2D eigenvalue weighted by molar-refractivity contribution is 6.30. The van der Waals surface area contributed by atoms with E-state index in [1.807, 2.05) is 56.4 Å². The lowest BCUT2D eigenvalue weighted by atomic mass is 9.87. The fraction of sp³-hybridized carbons (Fsp3) is 0.333. The van der Waals surface area contributed by atoms with Gasteiger partial charge >= 0.3 is 6.03 Å². The van der Waals surface area contributed by atoms with Crippen molar-refractivity contribution < 1.29 is 19.2 Å². The molecule has 2 N–H and O–H groups in total. The van der Waals surface area contributed by atoms with E-state index in [-0.39, 0.29) is 18.6 Å². The summed E-state index contributed by atoms with van der Waals surface area (Å²) < 4.78 is 5.39. The quantitative estimate of drug-likeness (QED) is 0.698. The average Bonchev–Trinajstić information content (AvgIpc) is 2.94. The number of rotatable bonds is 7. The highest BCUT2D eigenvalue weighted by atomic mass is 35.5. The smallest absolute Gasteiger partial charge is 0.329 e. The Morgan fingerprint density at radius 3 is 2.54 bits per heavy atom. The number of nitrogens with one attached hydrogen (secondary N) is 2. The Labute approximate surface area is 170 Å². The van der Waals surface area contributed by atoms with Crippen LogP contribution in [0.3, 0.4) is 0 Å². The summed E-state index contributed by atoms with van der Waals surface area (Å²) in [5, 5.41) is 3.53. The van der Waals surface area contributed by atoms with Gasteiger partial charge in [-0.05, 0) is 30.2 Å². The third-order valence-electron chi connectivity index (χ3n) is 5.14. The molecule has 1 unspecified atom stereocenters. The fourth-order valence-corrected chi connectivity index (χ4v) is 3.86. The first kappa shape index (κ1) is 20.2. The van der Waals surface area contributed by atoms with E-state index in [4.69, 9.17) is 16.3 Å². The maximum Gasteiger partial charge on any atom is 0.329 e. The van der Waals surface area contributed by atoms with Crippen molar-refractivity contribution in [2.75, 3.05) is 20.8 Å². The lowest BCUT2D eigenvalue weighted by Gasteiger charge is -2.26. The summed E-state index contributed by atoms with van der Waals surface area (Å²) in [6, 6.07) is 14.4. The zero-order chi connectivity index (χ0) is 20.3. The highest BCUT2D eigenvalue weighted by Gasteiger charge is 2.52. The minimum absolute atomic E-state index is 0.219. The third kappa shape index (κ3) is 3.70. The Morgan fingerprint density at radius 2 is 1.89 bits per heavy atom. The van der Waals surface area contributed by atoms with Crippen LogP contribution in [0.1, 0.15) is 24.5 Å². The number of carbonyl (C=O) groups is 2. The molecule has 148 valence electrons. The average molecular weight is 403 g/mol. The molecule has 1 heterocycles. The van der Waals surface area contributed by atoms with Crippen LogP contribution < -0.4 is 15.0 Å². The number of ether oxygens (including phenoxy) is 1. The second-order valence-electron chi connectivity index (χ2n) is 7.04. The van der Waals surface area contributed by atoms with Crippen molar-refractivity contribution in [3.8, 4) is 5.75 Å². The molecule has 0 radical (unpaired) electrons. The molecule has 2 aromatic rings. The van der Waals surface area contributed by atoms with Gasteiger partial charge in [-0.2, -0.15) is 0 Å². The van der Waals surface area contributed by atoms with E-state index < -0.39 is 5.54 Å². The number of hydrogen-bond acceptors (Lipinski definition) is 3. The molecule has 28 heavy (non-hydrogen) atoms. The van der Waals surface area contributed by atoms with E-state index in [0.717, 1.165) is 21.8 Å². The summed E-state index contributed by atoms with van der Waals surface area (Å²) in [6.45, 7) is 2.71. The number of methoxy groups -OCH3 is 1. The standard InChI is InChI=1S/C21H24ClN3O3/c1-4-21(16-8-6-5-7-9-16)19(26)25(20(27)23-21)14-24(2)13-15-12-17(22)10-11-18(15)28-3/h5-12H,4,13-14H2,1-3H3,(H,23,27)/p+1/t21-/m0/s1. The molecule has 2 aromatic carbocycles. The molecule has 3 rings (SSSR count). The van der Waals surface area contributed by atoms with Gasteiger partial charge in [0.25, 0.3) is 5.91 Å². The molecule has 1 aliphatic rings. The number of benzene rings is 2. The number of nitrogens with zero attached hydrogens (tertiary/aromatic N) is 1. The topological polar surface area (TPSA) is 63.1 Å². The predicted octanol–water partition coefficient (Wildman–Crippen LogP) is 2.18. The number of halogens is 1. The molecule has 0 spiro atoms. The Bertz CT molecular complexity index is 874. The van der Waals surface area contributed by atoms with Crippen molar-refractivity contribution in [2.45, 2.75) is 25.4 Å². The summed E-state index contributed by atoms with van der Waals surface area (Å²) in [5.74, 6) is 0.511. The zero-order valence-electron chi connectivity index (χ0n) is 16.3. The lowest BCUT2D eigenvalue weighted by Crippen LogP contribution is -3.09. The van der Waals surface area contributed by atoms with Gasteiger partial charge in [-0.3, -0.25) is 4.79 Å². The summed E-state index contributed by atoms with van der Waals surface area (Å²) >= 11 is 6.10. The number of hydrogen-bond donors (Lipinski definition) is 2. The van der Waals surface area contributed by atoms with Gasteiger partial charge < -0.3 is 15.0 Å². The number of urea groups is 1. The molecule has 0 bridgehead atoms. The molecule has 1 saturated heterocycles. The highest BCUT2D eigenvalue weighted by Crippen LogP contribution is 2.31. The molecule has 1 fully saturated rings. The van der Waals surface area contributed by atoms with Gasteiger partial charge in [0.15, 0.2) is 6.67 Å². The van der Waals surface area contributed by atoms with Crippen LogP contribution in [0.25, 0.3) is 0 Å². The van der Waals surface area contributed by atoms with Crippen LogP contribution in [-0.4, -0.2) is 37.7 Å². The first-order chi connectivity index (χ1) is 13.4. The first-order valence-electron chi connectivity index (χ1n) is 9.24. The van der Waals surface area contributed by atoms with E-state index in [0.29, 0.717) is 18.0 Å². The largest absolute Gasteiger partial charge is 0.496 e. The second-order valence-corrected chi connectivity index (χ2v) is 7.47. The van der Waals surface area contributed by atoms with Gasteiger partial charge in [0.2, 0.25) is 0 Å². The van der Waals surface area contributed by atoms with Gasteiger partial charge in [0, 0.05) is 10.6 Å². The molecule has 7 heteroatoms. The SMILES string of the molecule is CC[C@@]1(c2ccccc2)NC(=O)N(C[NH+](C)Cc2cc(Cl)ccc2OC)C1=O. The van der Waals surface area contributed by atoms with E-state index in [1.165, 1.54) is 4.90 Å². The molecule has 6 nitrogen and oxygen atoms in total. The minimum atomic E-state index is -1.01. The summed E-state index contributed by atoms with van der Waals surface area (Å²) in [4.78, 5) is 28.1. The van der Waals surface area contributed by atoms with Crippen LogP contribution in [0.15, 0.2) is 48.5 Å². The van der Waals surface area contributed by atoms with Crippen molar-refractivity contribution in [3.63, 3.8) is 0 Å². The Hall–Kier alpha value is -2.57. The Balaban J connectivity index is 1.78. The normalized spacial score (nSPS) is 20.2. The van der Waals surface area contributed by atoms with Crippen molar-refractivity contribution in [3.05, 3.63) is 64.7 Å². The molecular weight excluding hydrogens is 378 g/mol. The maximum absolute atomic E-state index is 13.2. The lowest BCUT2D eigenvalue weighted by molar-refractivity contribution is -0.901. The maximum atomic E-state index is 13.2. The number of carbonyl (C=O) groups excluding carboxylic acids is 2. The zero-order valence-corrected chi connectivity index (χ0v) is 17.0. The van der Waals surface area contributed by atoms with Crippen LogP contribution in [0, 0.1) is 0 Å². The van der Waals surface area contributed by atoms with Crippen LogP contribution in [0.5, 0.6) is 5.75 Å². The third-order valence-corrected chi connectivity index (χ3v) is 5.37. The van der Waals surface area contributed by atoms with E-state index in [1.54, 1.807) is 13.2 Å². The Kier molecular flexibility index (Phi) is 5.91. The molecule has 1 aliphatic heterocycles. The van der Waals surface area contributed by atoms with Gasteiger partial charge in [0.1, 0.15) is 17.8 Å². The van der Waals surface area contributed by atoms with Crippen LogP contribution in [-0.2, 0) is 16.9 Å². The summed E-state index contributed by atoms with van der Waals surface area (Å²) in [7, 11) is 3.53. The fourth-order valence-electron chi connectivity index (χ4n) is 3.67. The summed E-state index contributed by atoms with van der Waals surface area (Å²) in [5.41, 5.74) is 0.712. The molecule has 0 saturated carbocycles. The molecule has 3 amide bonds. The van der Waals surface area contributed by atoms with E-state index in [2.05, 4.69) is 5.32 Å². The molecule has 0 aromatic heterocycles. The monoisotopic (exact) mass is 402 g/mol. The molecule has 0 aliphatic carbocycles. The van der Waals surface area contributed by atoms with Crippen LogP contribution >= 0.6 is 11.6 Å². The van der Waals surface area contributed by atoms with Crippen molar-refractivity contribution in [2.24, 2.45) is 0 Å². The van der Waals surface area contributed by atoms with Gasteiger partial charge in [0.05, 0.1) is 14.2 Å². The molecular formula is C21H25ClN3O3+. The van der Waals surface area contributed by atoms with Crippen molar-refractivity contribution >= 4 is 23.5 Å². The predicted molar refractivity (Wildman–Crippen MR) is 107 cm³/mol. The second kappa shape index (κ2) is 8.20. The van der Waals surface area contributed by atoms with E-state index in [9.17, 15) is 9.59 Å². The number of amides is 3. The van der Waals surface area contributed by atoms with Crippen molar-refractivity contribution in [1.82, 2.24) is 10.2 Å². The Morgan fingerprint density at radius 1 is 1.18 bits per heavy atom.